The molecule has 0 saturated carbocycles. The van der Waals surface area contributed by atoms with Gasteiger partial charge in [-0.05, 0) is 56.8 Å². The van der Waals surface area contributed by atoms with E-state index in [4.69, 9.17) is 0 Å². The second-order valence-corrected chi connectivity index (χ2v) is 6.20. The van der Waals surface area contributed by atoms with Gasteiger partial charge in [-0.15, -0.1) is 0 Å². The van der Waals surface area contributed by atoms with Crippen molar-refractivity contribution in [3.8, 4) is 0 Å². The third-order valence-corrected chi connectivity index (χ3v) is 4.71. The summed E-state index contributed by atoms with van der Waals surface area (Å²) in [6.07, 6.45) is 11.3. The van der Waals surface area contributed by atoms with Crippen LogP contribution in [0.1, 0.15) is 55.8 Å². The summed E-state index contributed by atoms with van der Waals surface area (Å²) in [4.78, 5) is 7.23. The Morgan fingerprint density at radius 1 is 1.15 bits per heavy atom. The van der Waals surface area contributed by atoms with Crippen LogP contribution in [0.4, 0.5) is 0 Å². The van der Waals surface area contributed by atoms with Gasteiger partial charge in [-0.1, -0.05) is 18.9 Å². The highest BCUT2D eigenvalue weighted by Crippen LogP contribution is 2.27. The monoisotopic (exact) mass is 273 g/mol. The van der Waals surface area contributed by atoms with E-state index in [0.29, 0.717) is 6.04 Å². The molecule has 0 spiro atoms. The Kier molecular flexibility index (Phi) is 5.04. The average Bonchev–Trinajstić information content (AvgIpc) is 2.76. The van der Waals surface area contributed by atoms with Crippen molar-refractivity contribution >= 4 is 0 Å². The number of aryl methyl sites for hydroxylation is 1. The highest BCUT2D eigenvalue weighted by atomic mass is 15.1. The fourth-order valence-electron chi connectivity index (χ4n) is 3.56. The number of rotatable bonds is 4. The van der Waals surface area contributed by atoms with Gasteiger partial charge < -0.3 is 10.2 Å². The zero-order chi connectivity index (χ0) is 13.6. The van der Waals surface area contributed by atoms with Crippen molar-refractivity contribution in [2.75, 3.05) is 26.2 Å². The minimum Gasteiger partial charge on any atom is -0.307 e. The molecule has 1 aliphatic heterocycles. The molecule has 1 aromatic rings. The molecule has 1 N–H and O–H groups in total. The molecule has 0 amide bonds. The molecule has 0 radical (unpaired) electrons. The highest BCUT2D eigenvalue weighted by molar-refractivity contribution is 5.25. The maximum Gasteiger partial charge on any atom is 0.0605 e. The molecule has 3 heteroatoms. The maximum absolute atomic E-state index is 4.61. The largest absolute Gasteiger partial charge is 0.307 e. The number of hydrogen-bond acceptors (Lipinski definition) is 3. The van der Waals surface area contributed by atoms with Crippen molar-refractivity contribution in [3.63, 3.8) is 0 Å². The summed E-state index contributed by atoms with van der Waals surface area (Å²) in [6, 6.07) is 4.79. The van der Waals surface area contributed by atoms with Gasteiger partial charge in [0.05, 0.1) is 5.69 Å². The minimum atomic E-state index is 0.479. The number of nitrogens with one attached hydrogen (secondary N) is 1. The summed E-state index contributed by atoms with van der Waals surface area (Å²) in [6.45, 7) is 4.88. The number of nitrogens with zero attached hydrogens (tertiary/aromatic N) is 2. The van der Waals surface area contributed by atoms with Crippen molar-refractivity contribution in [2.24, 2.45) is 0 Å². The van der Waals surface area contributed by atoms with Crippen LogP contribution in [0.2, 0.25) is 0 Å². The molecule has 20 heavy (non-hydrogen) atoms. The van der Waals surface area contributed by atoms with Crippen molar-refractivity contribution < 1.29 is 0 Å². The standard InChI is InChI=1S/C17H27N3/c1-2-4-13-20(12-3-1)14-11-18-16-9-5-7-15-8-6-10-19-17(15)16/h6,8,10,16,18H,1-5,7,9,11-14H2. The van der Waals surface area contributed by atoms with Gasteiger partial charge in [0.15, 0.2) is 0 Å². The van der Waals surface area contributed by atoms with Gasteiger partial charge in [0.2, 0.25) is 0 Å². The number of aromatic nitrogens is 1. The van der Waals surface area contributed by atoms with Crippen molar-refractivity contribution in [1.29, 1.82) is 0 Å². The van der Waals surface area contributed by atoms with Crippen LogP contribution >= 0.6 is 0 Å². The second-order valence-electron chi connectivity index (χ2n) is 6.20. The van der Waals surface area contributed by atoms with Crippen LogP contribution in [0.5, 0.6) is 0 Å². The lowest BCUT2D eigenvalue weighted by atomic mass is 9.92. The van der Waals surface area contributed by atoms with Crippen molar-refractivity contribution in [3.05, 3.63) is 29.6 Å². The summed E-state index contributed by atoms with van der Waals surface area (Å²) >= 11 is 0. The maximum atomic E-state index is 4.61. The van der Waals surface area contributed by atoms with E-state index in [1.165, 1.54) is 75.8 Å². The third-order valence-electron chi connectivity index (χ3n) is 4.71. The Morgan fingerprint density at radius 2 is 2.00 bits per heavy atom. The average molecular weight is 273 g/mol. The van der Waals surface area contributed by atoms with E-state index in [2.05, 4.69) is 27.3 Å². The van der Waals surface area contributed by atoms with Gasteiger partial charge in [0.1, 0.15) is 0 Å². The van der Waals surface area contributed by atoms with Crippen LogP contribution < -0.4 is 5.32 Å². The lowest BCUT2D eigenvalue weighted by molar-refractivity contribution is 0.276. The van der Waals surface area contributed by atoms with Crippen LogP contribution in [-0.4, -0.2) is 36.1 Å². The van der Waals surface area contributed by atoms with E-state index < -0.39 is 0 Å². The van der Waals surface area contributed by atoms with Gasteiger partial charge in [-0.25, -0.2) is 0 Å². The predicted molar refractivity (Wildman–Crippen MR) is 82.8 cm³/mol. The molecule has 3 nitrogen and oxygen atoms in total. The zero-order valence-corrected chi connectivity index (χ0v) is 12.5. The van der Waals surface area contributed by atoms with Gasteiger partial charge >= 0.3 is 0 Å². The van der Waals surface area contributed by atoms with Gasteiger partial charge in [-0.2, -0.15) is 0 Å². The first-order valence-corrected chi connectivity index (χ1v) is 8.33. The minimum absolute atomic E-state index is 0.479. The van der Waals surface area contributed by atoms with Gasteiger partial charge in [-0.3, -0.25) is 4.98 Å². The van der Waals surface area contributed by atoms with E-state index in [-0.39, 0.29) is 0 Å². The quantitative estimate of drug-likeness (QED) is 0.914. The summed E-state index contributed by atoms with van der Waals surface area (Å²) in [5.74, 6) is 0. The van der Waals surface area contributed by atoms with E-state index in [9.17, 15) is 0 Å². The molecule has 1 aromatic heterocycles. The Labute approximate surface area is 122 Å². The van der Waals surface area contributed by atoms with E-state index in [1.807, 2.05) is 6.20 Å². The summed E-state index contributed by atoms with van der Waals surface area (Å²) in [7, 11) is 0. The normalized spacial score (nSPS) is 24.1. The molecule has 1 unspecified atom stereocenters. The number of likely N-dealkylation sites (tertiary alicyclic amines) is 1. The summed E-state index contributed by atoms with van der Waals surface area (Å²) in [5, 5.41) is 3.74. The fourth-order valence-corrected chi connectivity index (χ4v) is 3.56. The molecule has 2 aliphatic rings. The van der Waals surface area contributed by atoms with E-state index in [1.54, 1.807) is 0 Å². The molecule has 110 valence electrons. The van der Waals surface area contributed by atoms with Crippen LogP contribution in [0.25, 0.3) is 0 Å². The first kappa shape index (κ1) is 14.0. The lowest BCUT2D eigenvalue weighted by Crippen LogP contribution is -2.35. The first-order valence-electron chi connectivity index (χ1n) is 8.33. The molecular formula is C17H27N3. The molecular weight excluding hydrogens is 246 g/mol. The number of pyridine rings is 1. The Hall–Kier alpha value is -0.930. The number of fused-ring (bicyclic) bond motifs is 1. The molecule has 3 rings (SSSR count). The molecule has 1 atom stereocenters. The van der Waals surface area contributed by atoms with Gasteiger partial charge in [0, 0.05) is 25.3 Å². The molecule has 0 bridgehead atoms. The van der Waals surface area contributed by atoms with Crippen molar-refractivity contribution in [1.82, 2.24) is 15.2 Å². The summed E-state index contributed by atoms with van der Waals surface area (Å²) in [5.41, 5.74) is 2.75. The predicted octanol–water partition coefficient (Wildman–Crippen LogP) is 2.92. The Balaban J connectivity index is 1.49. The van der Waals surface area contributed by atoms with Crippen LogP contribution in [0, 0.1) is 0 Å². The third kappa shape index (κ3) is 3.58. The van der Waals surface area contributed by atoms with Crippen LogP contribution in [0.3, 0.4) is 0 Å². The lowest BCUT2D eigenvalue weighted by Gasteiger charge is -2.27. The van der Waals surface area contributed by atoms with Crippen LogP contribution in [-0.2, 0) is 6.42 Å². The molecule has 0 aromatic carbocycles. The molecule has 1 saturated heterocycles. The molecule has 2 heterocycles. The number of hydrogen-bond donors (Lipinski definition) is 1. The first-order chi connectivity index (χ1) is 9.93. The van der Waals surface area contributed by atoms with Crippen LogP contribution in [0.15, 0.2) is 18.3 Å². The van der Waals surface area contributed by atoms with Gasteiger partial charge in [0.25, 0.3) is 0 Å². The highest BCUT2D eigenvalue weighted by Gasteiger charge is 2.20. The fraction of sp³-hybridized carbons (Fsp3) is 0.706. The second kappa shape index (κ2) is 7.19. The SMILES string of the molecule is c1cnc2c(c1)CCCC2NCCN1CCCCCC1. The van der Waals surface area contributed by atoms with Crippen molar-refractivity contribution in [2.45, 2.75) is 51.0 Å². The van der Waals surface area contributed by atoms with E-state index >= 15 is 0 Å². The zero-order valence-electron chi connectivity index (χ0n) is 12.5. The van der Waals surface area contributed by atoms with E-state index in [0.717, 1.165) is 6.54 Å². The molecule has 1 fully saturated rings. The smallest absolute Gasteiger partial charge is 0.0605 e. The Morgan fingerprint density at radius 3 is 2.85 bits per heavy atom. The molecule has 1 aliphatic carbocycles. The Bertz CT molecular complexity index is 410. The summed E-state index contributed by atoms with van der Waals surface area (Å²) < 4.78 is 0. The topological polar surface area (TPSA) is 28.2 Å².